The minimum atomic E-state index is -0.356. The molecule has 0 unspecified atom stereocenters. The number of piperidine rings is 1. The standard InChI is InChI=1S/C25H29FN2O3/c1-25(2)21-14-23-22(30-16-31-23)13-20(21)24(29)28(25)11-8-17-6-9-27(10-7-17)15-18-4-3-5-19(26)12-18/h3-5,12-14,17H,6-11,15-16H2,1-2H3. The van der Waals surface area contributed by atoms with Crippen molar-refractivity contribution < 1.29 is 18.7 Å². The molecular weight excluding hydrogens is 395 g/mol. The average molecular weight is 425 g/mol. The zero-order chi connectivity index (χ0) is 21.6. The normalized spacial score (nSPS) is 20.4. The molecule has 3 aliphatic heterocycles. The van der Waals surface area contributed by atoms with Gasteiger partial charge in [0.25, 0.3) is 5.91 Å². The smallest absolute Gasteiger partial charge is 0.255 e. The van der Waals surface area contributed by atoms with E-state index in [0.29, 0.717) is 11.7 Å². The van der Waals surface area contributed by atoms with E-state index in [1.807, 2.05) is 23.1 Å². The summed E-state index contributed by atoms with van der Waals surface area (Å²) in [4.78, 5) is 17.6. The highest BCUT2D eigenvalue weighted by molar-refractivity contribution is 6.00. The molecule has 0 saturated carbocycles. The van der Waals surface area contributed by atoms with Crippen molar-refractivity contribution >= 4 is 5.91 Å². The van der Waals surface area contributed by atoms with Crippen LogP contribution in [0, 0.1) is 11.7 Å². The lowest BCUT2D eigenvalue weighted by atomic mass is 9.91. The van der Waals surface area contributed by atoms with Gasteiger partial charge in [-0.3, -0.25) is 9.69 Å². The van der Waals surface area contributed by atoms with E-state index in [1.54, 1.807) is 12.1 Å². The van der Waals surface area contributed by atoms with Gasteiger partial charge in [0.15, 0.2) is 11.5 Å². The number of carbonyl (C=O) groups is 1. The zero-order valence-electron chi connectivity index (χ0n) is 18.2. The quantitative estimate of drug-likeness (QED) is 0.706. The maximum absolute atomic E-state index is 13.4. The van der Waals surface area contributed by atoms with Crippen molar-refractivity contribution in [1.29, 1.82) is 0 Å². The Hall–Kier alpha value is -2.60. The molecule has 31 heavy (non-hydrogen) atoms. The lowest BCUT2D eigenvalue weighted by Gasteiger charge is -2.36. The Morgan fingerprint density at radius 1 is 1.10 bits per heavy atom. The summed E-state index contributed by atoms with van der Waals surface area (Å²) in [7, 11) is 0. The summed E-state index contributed by atoms with van der Waals surface area (Å²) in [6.45, 7) is 8.02. The Labute approximate surface area is 182 Å². The summed E-state index contributed by atoms with van der Waals surface area (Å²) in [5.74, 6) is 1.91. The summed E-state index contributed by atoms with van der Waals surface area (Å²) in [6.07, 6.45) is 3.23. The predicted octanol–water partition coefficient (Wildman–Crippen LogP) is 4.55. The topological polar surface area (TPSA) is 42.0 Å². The second-order valence-electron chi connectivity index (χ2n) is 9.40. The molecule has 1 fully saturated rings. The molecule has 0 N–H and O–H groups in total. The molecule has 6 heteroatoms. The SMILES string of the molecule is CC1(C)c2cc3c(cc2C(=O)N1CCC1CCN(Cc2cccc(F)c2)CC1)OCO3. The van der Waals surface area contributed by atoms with Crippen LogP contribution < -0.4 is 9.47 Å². The summed E-state index contributed by atoms with van der Waals surface area (Å²) in [5, 5.41) is 0. The molecule has 2 aromatic rings. The first-order valence-electron chi connectivity index (χ1n) is 11.1. The summed E-state index contributed by atoms with van der Waals surface area (Å²) < 4.78 is 24.4. The van der Waals surface area contributed by atoms with E-state index in [2.05, 4.69) is 18.7 Å². The van der Waals surface area contributed by atoms with Gasteiger partial charge >= 0.3 is 0 Å². The molecule has 164 valence electrons. The average Bonchev–Trinajstić information content (AvgIpc) is 3.28. The Morgan fingerprint density at radius 2 is 1.84 bits per heavy atom. The molecule has 1 saturated heterocycles. The third kappa shape index (κ3) is 3.78. The Balaban J connectivity index is 1.18. The largest absolute Gasteiger partial charge is 0.454 e. The predicted molar refractivity (Wildman–Crippen MR) is 116 cm³/mol. The van der Waals surface area contributed by atoms with Crippen LogP contribution in [0.5, 0.6) is 11.5 Å². The van der Waals surface area contributed by atoms with Crippen LogP contribution in [-0.4, -0.2) is 42.1 Å². The highest BCUT2D eigenvalue weighted by atomic mass is 19.1. The van der Waals surface area contributed by atoms with Crippen molar-refractivity contribution in [3.8, 4) is 11.5 Å². The molecule has 3 aliphatic rings. The van der Waals surface area contributed by atoms with Crippen LogP contribution in [0.15, 0.2) is 36.4 Å². The third-order valence-corrected chi connectivity index (χ3v) is 7.09. The van der Waals surface area contributed by atoms with Gasteiger partial charge in [-0.2, -0.15) is 0 Å². The third-order valence-electron chi connectivity index (χ3n) is 7.09. The molecule has 3 heterocycles. The van der Waals surface area contributed by atoms with Crippen molar-refractivity contribution in [3.05, 3.63) is 58.9 Å². The number of halogens is 1. The van der Waals surface area contributed by atoms with E-state index in [1.165, 1.54) is 6.07 Å². The highest BCUT2D eigenvalue weighted by Crippen LogP contribution is 2.45. The van der Waals surface area contributed by atoms with E-state index in [4.69, 9.17) is 9.47 Å². The van der Waals surface area contributed by atoms with E-state index in [0.717, 1.165) is 67.9 Å². The summed E-state index contributed by atoms with van der Waals surface area (Å²) in [5.41, 5.74) is 2.43. The first kappa shape index (κ1) is 20.3. The molecule has 0 bridgehead atoms. The minimum absolute atomic E-state index is 0.0850. The van der Waals surface area contributed by atoms with Crippen molar-refractivity contribution in [2.75, 3.05) is 26.4 Å². The number of benzene rings is 2. The fraction of sp³-hybridized carbons (Fsp3) is 0.480. The van der Waals surface area contributed by atoms with Crippen LogP contribution in [0.25, 0.3) is 0 Å². The van der Waals surface area contributed by atoms with Gasteiger partial charge in [-0.05, 0) is 87.5 Å². The molecule has 1 amide bonds. The van der Waals surface area contributed by atoms with Gasteiger partial charge in [0.1, 0.15) is 5.82 Å². The van der Waals surface area contributed by atoms with Crippen LogP contribution in [0.1, 0.15) is 54.6 Å². The summed E-state index contributed by atoms with van der Waals surface area (Å²) >= 11 is 0. The first-order chi connectivity index (χ1) is 14.9. The molecule has 5 nitrogen and oxygen atoms in total. The molecule has 0 aliphatic carbocycles. The number of carbonyl (C=O) groups excluding carboxylic acids is 1. The van der Waals surface area contributed by atoms with Gasteiger partial charge in [0.05, 0.1) is 5.54 Å². The van der Waals surface area contributed by atoms with Crippen molar-refractivity contribution in [3.63, 3.8) is 0 Å². The number of rotatable bonds is 5. The van der Waals surface area contributed by atoms with E-state index in [-0.39, 0.29) is 24.1 Å². The van der Waals surface area contributed by atoms with Crippen LogP contribution in [0.3, 0.4) is 0 Å². The van der Waals surface area contributed by atoms with Gasteiger partial charge in [0.2, 0.25) is 6.79 Å². The fourth-order valence-electron chi connectivity index (χ4n) is 5.19. The van der Waals surface area contributed by atoms with Gasteiger partial charge in [-0.25, -0.2) is 4.39 Å². The molecule has 0 aromatic heterocycles. The number of nitrogens with zero attached hydrogens (tertiary/aromatic N) is 2. The maximum Gasteiger partial charge on any atom is 0.255 e. The Morgan fingerprint density at radius 3 is 2.58 bits per heavy atom. The van der Waals surface area contributed by atoms with Crippen molar-refractivity contribution in [2.45, 2.75) is 45.2 Å². The van der Waals surface area contributed by atoms with Gasteiger partial charge in [0, 0.05) is 18.7 Å². The zero-order valence-corrected chi connectivity index (χ0v) is 18.2. The number of likely N-dealkylation sites (tertiary alicyclic amines) is 1. The minimum Gasteiger partial charge on any atom is -0.454 e. The molecule has 2 aromatic carbocycles. The van der Waals surface area contributed by atoms with Gasteiger partial charge in [-0.15, -0.1) is 0 Å². The number of hydrogen-bond donors (Lipinski definition) is 0. The van der Waals surface area contributed by atoms with E-state index >= 15 is 0 Å². The lowest BCUT2D eigenvalue weighted by molar-refractivity contribution is 0.0583. The van der Waals surface area contributed by atoms with Gasteiger partial charge < -0.3 is 14.4 Å². The van der Waals surface area contributed by atoms with Gasteiger partial charge in [-0.1, -0.05) is 12.1 Å². The fourth-order valence-corrected chi connectivity index (χ4v) is 5.19. The van der Waals surface area contributed by atoms with Crippen LogP contribution in [-0.2, 0) is 12.1 Å². The van der Waals surface area contributed by atoms with Crippen LogP contribution in [0.2, 0.25) is 0 Å². The second kappa shape index (κ2) is 7.83. The number of hydrogen-bond acceptors (Lipinski definition) is 4. The number of amides is 1. The maximum atomic E-state index is 13.4. The van der Waals surface area contributed by atoms with Crippen LogP contribution >= 0.6 is 0 Å². The highest BCUT2D eigenvalue weighted by Gasteiger charge is 2.44. The van der Waals surface area contributed by atoms with Crippen molar-refractivity contribution in [2.24, 2.45) is 5.92 Å². The number of fused-ring (bicyclic) bond motifs is 2. The molecule has 0 radical (unpaired) electrons. The molecule has 0 spiro atoms. The Bertz CT molecular complexity index is 998. The molecule has 5 rings (SSSR count). The van der Waals surface area contributed by atoms with E-state index < -0.39 is 0 Å². The monoisotopic (exact) mass is 424 g/mol. The summed E-state index contributed by atoms with van der Waals surface area (Å²) in [6, 6.07) is 10.7. The number of ether oxygens (including phenoxy) is 2. The van der Waals surface area contributed by atoms with Crippen LogP contribution in [0.4, 0.5) is 4.39 Å². The first-order valence-corrected chi connectivity index (χ1v) is 11.1. The van der Waals surface area contributed by atoms with Crippen molar-refractivity contribution in [1.82, 2.24) is 9.80 Å². The lowest BCUT2D eigenvalue weighted by Crippen LogP contribution is -2.41. The molecular formula is C25H29FN2O3. The Kier molecular flexibility index (Phi) is 5.13. The second-order valence-corrected chi connectivity index (χ2v) is 9.40. The molecule has 0 atom stereocenters. The van der Waals surface area contributed by atoms with E-state index in [9.17, 15) is 9.18 Å².